The van der Waals surface area contributed by atoms with E-state index in [4.69, 9.17) is 14.4 Å². The van der Waals surface area contributed by atoms with Crippen molar-refractivity contribution in [1.82, 2.24) is 16.0 Å². The Morgan fingerprint density at radius 1 is 0.864 bits per heavy atom. The molecule has 0 spiro atoms. The number of quaternary nitrogens is 1. The number of aliphatic hydroxyl groups is 1. The van der Waals surface area contributed by atoms with Gasteiger partial charge in [-0.05, 0) is 13.0 Å². The fraction of sp³-hybridized carbons (Fsp3) is 1.00. The van der Waals surface area contributed by atoms with Crippen LogP contribution in [0.3, 0.4) is 0 Å². The zero-order valence-electron chi connectivity index (χ0n) is 14.2. The molecule has 1 unspecified atom stereocenters. The third-order valence-electron chi connectivity index (χ3n) is 2.96. The quantitative estimate of drug-likeness (QED) is 0.103. The van der Waals surface area contributed by atoms with Crippen molar-refractivity contribution in [2.75, 3.05) is 67.0 Å². The second-order valence-corrected chi connectivity index (χ2v) is 8.76. The van der Waals surface area contributed by atoms with Gasteiger partial charge in [-0.1, -0.05) is 0 Å². The highest BCUT2D eigenvalue weighted by atomic mass is 28.4. The van der Waals surface area contributed by atoms with E-state index in [0.717, 1.165) is 37.2 Å². The molecule has 134 valence electrons. The highest BCUT2D eigenvalue weighted by Crippen LogP contribution is 1.99. The minimum Gasteiger partial charge on any atom is -0.390 e. The standard InChI is InChI=1S/C13H35N4O4Si/c1-17(2,3)12-13(18)11-16-9-8-15-7-6-14-5-4-10-22(19,20)21/h13-16,18-21H,4-12H2,1-3H3/q+1. The number of hydrogen-bond acceptors (Lipinski definition) is 7. The summed E-state index contributed by atoms with van der Waals surface area (Å²) in [6.07, 6.45) is 0.225. The van der Waals surface area contributed by atoms with Crippen molar-refractivity contribution in [2.24, 2.45) is 0 Å². The lowest BCUT2D eigenvalue weighted by molar-refractivity contribution is -0.873. The summed E-state index contributed by atoms with van der Waals surface area (Å²) in [6.45, 7) is 5.24. The summed E-state index contributed by atoms with van der Waals surface area (Å²) in [6, 6.07) is 0.0763. The summed E-state index contributed by atoms with van der Waals surface area (Å²) in [5.41, 5.74) is 0. The van der Waals surface area contributed by atoms with Crippen LogP contribution in [0.5, 0.6) is 0 Å². The molecule has 0 bridgehead atoms. The van der Waals surface area contributed by atoms with Crippen LogP contribution in [0.1, 0.15) is 6.42 Å². The number of nitrogens with zero attached hydrogens (tertiary/aromatic N) is 1. The van der Waals surface area contributed by atoms with E-state index in [1.807, 2.05) is 0 Å². The number of hydrogen-bond donors (Lipinski definition) is 7. The molecule has 0 saturated carbocycles. The van der Waals surface area contributed by atoms with E-state index in [1.165, 1.54) is 0 Å². The van der Waals surface area contributed by atoms with E-state index in [-0.39, 0.29) is 12.1 Å². The number of rotatable bonds is 14. The molecule has 0 aliphatic carbocycles. The van der Waals surface area contributed by atoms with Gasteiger partial charge < -0.3 is 39.9 Å². The maximum atomic E-state index is 9.81. The first-order valence-electron chi connectivity index (χ1n) is 7.88. The average Bonchev–Trinajstić information content (AvgIpc) is 2.32. The highest BCUT2D eigenvalue weighted by molar-refractivity contribution is 6.56. The van der Waals surface area contributed by atoms with Crippen LogP contribution in [0.2, 0.25) is 6.04 Å². The molecule has 0 aromatic carbocycles. The summed E-state index contributed by atoms with van der Waals surface area (Å²) < 4.78 is 0.749. The molecule has 0 aliphatic rings. The lowest BCUT2D eigenvalue weighted by Crippen LogP contribution is -2.45. The van der Waals surface area contributed by atoms with Gasteiger partial charge in [0.05, 0.1) is 21.1 Å². The van der Waals surface area contributed by atoms with E-state index in [2.05, 4.69) is 37.1 Å². The van der Waals surface area contributed by atoms with Crippen LogP contribution < -0.4 is 16.0 Å². The third-order valence-corrected chi connectivity index (χ3v) is 3.99. The van der Waals surface area contributed by atoms with Crippen LogP contribution in [0.25, 0.3) is 0 Å². The van der Waals surface area contributed by atoms with Crippen LogP contribution in [0.15, 0.2) is 0 Å². The molecule has 0 aromatic rings. The lowest BCUT2D eigenvalue weighted by Gasteiger charge is -2.26. The summed E-state index contributed by atoms with van der Waals surface area (Å²) in [7, 11) is 2.31. The Labute approximate surface area is 135 Å². The Bertz CT molecular complexity index is 272. The Morgan fingerprint density at radius 2 is 1.36 bits per heavy atom. The van der Waals surface area contributed by atoms with Gasteiger partial charge in [0.1, 0.15) is 12.6 Å². The van der Waals surface area contributed by atoms with Crippen molar-refractivity contribution >= 4 is 8.80 Å². The maximum Gasteiger partial charge on any atom is 0.492 e. The SMILES string of the molecule is C[N+](C)(C)CC(O)CNCCNCCNCCC[Si](O)(O)O. The molecule has 0 rings (SSSR count). The second-order valence-electron chi connectivity index (χ2n) is 6.71. The van der Waals surface area contributed by atoms with E-state index in [0.29, 0.717) is 19.5 Å². The molecule has 0 aliphatic heterocycles. The summed E-state index contributed by atoms with van der Waals surface area (Å²) in [4.78, 5) is 26.5. The summed E-state index contributed by atoms with van der Waals surface area (Å²) in [5.74, 6) is 0. The van der Waals surface area contributed by atoms with Crippen molar-refractivity contribution in [3.8, 4) is 0 Å². The average molecular weight is 340 g/mol. The monoisotopic (exact) mass is 339 g/mol. The van der Waals surface area contributed by atoms with E-state index < -0.39 is 8.80 Å². The smallest absolute Gasteiger partial charge is 0.390 e. The fourth-order valence-corrected chi connectivity index (χ4v) is 2.67. The molecule has 8 nitrogen and oxygen atoms in total. The zero-order chi connectivity index (χ0) is 17.1. The molecule has 0 saturated heterocycles. The van der Waals surface area contributed by atoms with E-state index in [1.54, 1.807) is 0 Å². The molecule has 1 atom stereocenters. The van der Waals surface area contributed by atoms with E-state index >= 15 is 0 Å². The fourth-order valence-electron chi connectivity index (χ4n) is 2.02. The summed E-state index contributed by atoms with van der Waals surface area (Å²) >= 11 is 0. The molecule has 9 heteroatoms. The normalized spacial score (nSPS) is 14.3. The van der Waals surface area contributed by atoms with Crippen LogP contribution >= 0.6 is 0 Å². The van der Waals surface area contributed by atoms with Crippen molar-refractivity contribution in [3.05, 3.63) is 0 Å². The first kappa shape index (κ1) is 21.9. The molecular formula is C13H35N4O4Si+. The van der Waals surface area contributed by atoms with Gasteiger partial charge in [0.15, 0.2) is 0 Å². The molecule has 0 heterocycles. The lowest BCUT2D eigenvalue weighted by atomic mass is 10.3. The van der Waals surface area contributed by atoms with Crippen molar-refractivity contribution < 1.29 is 24.0 Å². The molecular weight excluding hydrogens is 304 g/mol. The first-order chi connectivity index (χ1) is 10.1. The topological polar surface area (TPSA) is 117 Å². The summed E-state index contributed by atoms with van der Waals surface area (Å²) in [5, 5.41) is 19.4. The Kier molecular flexibility index (Phi) is 11.4. The van der Waals surface area contributed by atoms with Gasteiger partial charge in [-0.15, -0.1) is 0 Å². The van der Waals surface area contributed by atoms with Gasteiger partial charge in [0, 0.05) is 38.8 Å². The van der Waals surface area contributed by atoms with Crippen LogP contribution in [-0.4, -0.2) is 106 Å². The van der Waals surface area contributed by atoms with Crippen molar-refractivity contribution in [2.45, 2.75) is 18.6 Å². The van der Waals surface area contributed by atoms with Crippen LogP contribution in [-0.2, 0) is 0 Å². The Balaban J connectivity index is 3.24. The predicted molar refractivity (Wildman–Crippen MR) is 89.3 cm³/mol. The van der Waals surface area contributed by atoms with Gasteiger partial charge in [-0.3, -0.25) is 0 Å². The predicted octanol–water partition coefficient (Wildman–Crippen LogP) is -2.87. The third kappa shape index (κ3) is 17.9. The second kappa shape index (κ2) is 11.4. The Morgan fingerprint density at radius 3 is 1.86 bits per heavy atom. The number of likely N-dealkylation sites (N-methyl/N-ethyl adjacent to an activating group) is 1. The van der Waals surface area contributed by atoms with Crippen LogP contribution in [0, 0.1) is 0 Å². The molecule has 22 heavy (non-hydrogen) atoms. The van der Waals surface area contributed by atoms with Crippen LogP contribution in [0.4, 0.5) is 0 Å². The first-order valence-corrected chi connectivity index (χ1v) is 9.93. The minimum absolute atomic E-state index is 0.0763. The van der Waals surface area contributed by atoms with Gasteiger partial charge in [-0.25, -0.2) is 0 Å². The molecule has 0 amide bonds. The number of nitrogens with one attached hydrogen (secondary N) is 3. The molecule has 7 N–H and O–H groups in total. The zero-order valence-corrected chi connectivity index (χ0v) is 15.2. The number of aliphatic hydroxyl groups excluding tert-OH is 1. The molecule has 0 aromatic heterocycles. The molecule has 0 fully saturated rings. The van der Waals surface area contributed by atoms with E-state index in [9.17, 15) is 5.11 Å². The largest absolute Gasteiger partial charge is 0.492 e. The maximum absolute atomic E-state index is 9.81. The van der Waals surface area contributed by atoms with Gasteiger partial charge in [0.2, 0.25) is 0 Å². The molecule has 0 radical (unpaired) electrons. The highest BCUT2D eigenvalue weighted by Gasteiger charge is 2.25. The van der Waals surface area contributed by atoms with Gasteiger partial charge >= 0.3 is 8.80 Å². The van der Waals surface area contributed by atoms with Gasteiger partial charge in [-0.2, -0.15) is 0 Å². The Hall–Kier alpha value is -0.103. The minimum atomic E-state index is -3.86. The van der Waals surface area contributed by atoms with Gasteiger partial charge in [0.25, 0.3) is 0 Å². The van der Waals surface area contributed by atoms with Crippen molar-refractivity contribution in [1.29, 1.82) is 0 Å². The van der Waals surface area contributed by atoms with Crippen molar-refractivity contribution in [3.63, 3.8) is 0 Å².